The van der Waals surface area contributed by atoms with Gasteiger partial charge in [-0.05, 0) is 58.7 Å². The van der Waals surface area contributed by atoms with Crippen molar-refractivity contribution in [3.8, 4) is 0 Å². The summed E-state index contributed by atoms with van der Waals surface area (Å²) >= 11 is 6.77. The van der Waals surface area contributed by atoms with Gasteiger partial charge in [0.2, 0.25) is 0 Å². The standard InChI is InChI=1S/C14H13Br2N3O/c1-9(10-4-6-17-7-5-10)18-14(20)19-13-8-11(15)2-3-12(13)16/h2-9H,1H3,(H2,18,19,20)/t9-/m1/s1. The highest BCUT2D eigenvalue weighted by atomic mass is 79.9. The summed E-state index contributed by atoms with van der Waals surface area (Å²) in [5.74, 6) is 0. The number of halogens is 2. The van der Waals surface area contributed by atoms with Crippen molar-refractivity contribution in [1.82, 2.24) is 10.3 Å². The highest BCUT2D eigenvalue weighted by molar-refractivity contribution is 9.11. The van der Waals surface area contributed by atoms with Gasteiger partial charge in [-0.15, -0.1) is 0 Å². The Morgan fingerprint density at radius 1 is 1.20 bits per heavy atom. The zero-order chi connectivity index (χ0) is 14.5. The molecule has 1 aromatic carbocycles. The van der Waals surface area contributed by atoms with Crippen LogP contribution in [0.2, 0.25) is 0 Å². The van der Waals surface area contributed by atoms with E-state index in [2.05, 4.69) is 47.5 Å². The number of nitrogens with one attached hydrogen (secondary N) is 2. The van der Waals surface area contributed by atoms with E-state index >= 15 is 0 Å². The van der Waals surface area contributed by atoms with E-state index in [0.29, 0.717) is 5.69 Å². The van der Waals surface area contributed by atoms with Gasteiger partial charge < -0.3 is 10.6 Å². The molecule has 2 amide bonds. The third kappa shape index (κ3) is 4.05. The van der Waals surface area contributed by atoms with Crippen LogP contribution in [0.1, 0.15) is 18.5 Å². The monoisotopic (exact) mass is 397 g/mol. The fourth-order valence-electron chi connectivity index (χ4n) is 1.68. The van der Waals surface area contributed by atoms with E-state index in [1.807, 2.05) is 37.3 Å². The summed E-state index contributed by atoms with van der Waals surface area (Å²) in [6, 6.07) is 9.00. The van der Waals surface area contributed by atoms with Crippen molar-refractivity contribution < 1.29 is 4.79 Å². The van der Waals surface area contributed by atoms with E-state index in [4.69, 9.17) is 0 Å². The highest BCUT2D eigenvalue weighted by Crippen LogP contribution is 2.26. The second-order valence-corrected chi connectivity index (χ2v) is 5.99. The van der Waals surface area contributed by atoms with Crippen LogP contribution < -0.4 is 10.6 Å². The van der Waals surface area contributed by atoms with Crippen molar-refractivity contribution in [3.63, 3.8) is 0 Å². The van der Waals surface area contributed by atoms with Gasteiger partial charge in [0.05, 0.1) is 11.7 Å². The van der Waals surface area contributed by atoms with Gasteiger partial charge >= 0.3 is 6.03 Å². The third-order valence-corrected chi connectivity index (χ3v) is 3.92. The lowest BCUT2D eigenvalue weighted by Gasteiger charge is -2.15. The van der Waals surface area contributed by atoms with Crippen molar-refractivity contribution in [1.29, 1.82) is 0 Å². The molecular formula is C14H13Br2N3O. The number of carbonyl (C=O) groups is 1. The minimum atomic E-state index is -0.256. The number of aromatic nitrogens is 1. The van der Waals surface area contributed by atoms with E-state index in [1.54, 1.807) is 12.4 Å². The summed E-state index contributed by atoms with van der Waals surface area (Å²) < 4.78 is 1.73. The number of carbonyl (C=O) groups excluding carboxylic acids is 1. The van der Waals surface area contributed by atoms with Crippen LogP contribution in [-0.4, -0.2) is 11.0 Å². The number of nitrogens with zero attached hydrogens (tertiary/aromatic N) is 1. The number of pyridine rings is 1. The first-order chi connectivity index (χ1) is 9.56. The molecule has 0 spiro atoms. The number of hydrogen-bond donors (Lipinski definition) is 2. The minimum Gasteiger partial charge on any atom is -0.331 e. The number of amides is 2. The molecule has 0 aliphatic rings. The molecule has 0 bridgehead atoms. The summed E-state index contributed by atoms with van der Waals surface area (Å²) in [6.07, 6.45) is 3.41. The average Bonchev–Trinajstić information content (AvgIpc) is 2.43. The van der Waals surface area contributed by atoms with Crippen LogP contribution in [0.3, 0.4) is 0 Å². The second-order valence-electron chi connectivity index (χ2n) is 4.22. The summed E-state index contributed by atoms with van der Waals surface area (Å²) in [5.41, 5.74) is 1.71. The van der Waals surface area contributed by atoms with Crippen LogP contribution in [0.25, 0.3) is 0 Å². The zero-order valence-electron chi connectivity index (χ0n) is 10.7. The van der Waals surface area contributed by atoms with Crippen LogP contribution in [0, 0.1) is 0 Å². The second kappa shape index (κ2) is 6.85. The van der Waals surface area contributed by atoms with E-state index in [9.17, 15) is 4.79 Å². The lowest BCUT2D eigenvalue weighted by Crippen LogP contribution is -2.31. The van der Waals surface area contributed by atoms with Gasteiger partial charge in [0.15, 0.2) is 0 Å². The van der Waals surface area contributed by atoms with Gasteiger partial charge in [-0.3, -0.25) is 4.98 Å². The smallest absolute Gasteiger partial charge is 0.319 e. The number of urea groups is 1. The maximum Gasteiger partial charge on any atom is 0.319 e. The summed E-state index contributed by atoms with van der Waals surface area (Å²) in [6.45, 7) is 1.92. The molecule has 6 heteroatoms. The van der Waals surface area contributed by atoms with E-state index in [1.165, 1.54) is 0 Å². The van der Waals surface area contributed by atoms with Gasteiger partial charge in [0.1, 0.15) is 0 Å². The summed E-state index contributed by atoms with van der Waals surface area (Å²) in [4.78, 5) is 15.9. The fraction of sp³-hybridized carbons (Fsp3) is 0.143. The van der Waals surface area contributed by atoms with Gasteiger partial charge in [0, 0.05) is 21.3 Å². The van der Waals surface area contributed by atoms with Crippen molar-refractivity contribution in [2.75, 3.05) is 5.32 Å². The molecule has 104 valence electrons. The lowest BCUT2D eigenvalue weighted by molar-refractivity contribution is 0.249. The third-order valence-electron chi connectivity index (χ3n) is 2.73. The van der Waals surface area contributed by atoms with Crippen molar-refractivity contribution >= 4 is 43.6 Å². The van der Waals surface area contributed by atoms with Crippen molar-refractivity contribution in [3.05, 3.63) is 57.2 Å². The van der Waals surface area contributed by atoms with Gasteiger partial charge in [-0.25, -0.2) is 4.79 Å². The fourth-order valence-corrected chi connectivity index (χ4v) is 2.39. The summed E-state index contributed by atoms with van der Waals surface area (Å²) in [7, 11) is 0. The molecule has 0 aliphatic carbocycles. The molecule has 1 aromatic heterocycles. The van der Waals surface area contributed by atoms with Crippen LogP contribution in [0.5, 0.6) is 0 Å². The number of hydrogen-bond acceptors (Lipinski definition) is 2. The molecule has 4 nitrogen and oxygen atoms in total. The Labute approximate surface area is 134 Å². The maximum absolute atomic E-state index is 12.0. The van der Waals surface area contributed by atoms with E-state index in [0.717, 1.165) is 14.5 Å². The molecule has 2 aromatic rings. The Hall–Kier alpha value is -1.40. The van der Waals surface area contributed by atoms with Gasteiger partial charge in [0.25, 0.3) is 0 Å². The van der Waals surface area contributed by atoms with E-state index < -0.39 is 0 Å². The van der Waals surface area contributed by atoms with Crippen LogP contribution >= 0.6 is 31.9 Å². The van der Waals surface area contributed by atoms with Crippen LogP contribution in [-0.2, 0) is 0 Å². The largest absolute Gasteiger partial charge is 0.331 e. The maximum atomic E-state index is 12.0. The first-order valence-electron chi connectivity index (χ1n) is 5.99. The zero-order valence-corrected chi connectivity index (χ0v) is 13.9. The van der Waals surface area contributed by atoms with Gasteiger partial charge in [-0.1, -0.05) is 15.9 Å². The quantitative estimate of drug-likeness (QED) is 0.800. The highest BCUT2D eigenvalue weighted by Gasteiger charge is 2.10. The molecular weight excluding hydrogens is 386 g/mol. The molecule has 0 saturated carbocycles. The van der Waals surface area contributed by atoms with Crippen LogP contribution in [0.15, 0.2) is 51.7 Å². The molecule has 2 N–H and O–H groups in total. The van der Waals surface area contributed by atoms with Crippen molar-refractivity contribution in [2.24, 2.45) is 0 Å². The SMILES string of the molecule is C[C@@H](NC(=O)Nc1cc(Br)ccc1Br)c1ccncc1. The molecule has 1 heterocycles. The van der Waals surface area contributed by atoms with Crippen LogP contribution in [0.4, 0.5) is 10.5 Å². The van der Waals surface area contributed by atoms with Crippen molar-refractivity contribution in [2.45, 2.75) is 13.0 Å². The molecule has 0 unspecified atom stereocenters. The Balaban J connectivity index is 2.01. The Bertz CT molecular complexity index is 605. The number of rotatable bonds is 3. The molecule has 0 fully saturated rings. The molecule has 0 saturated heterocycles. The minimum absolute atomic E-state index is 0.0936. The molecule has 0 aliphatic heterocycles. The Morgan fingerprint density at radius 3 is 2.60 bits per heavy atom. The predicted molar refractivity (Wildman–Crippen MR) is 86.6 cm³/mol. The number of benzene rings is 1. The van der Waals surface area contributed by atoms with E-state index in [-0.39, 0.29) is 12.1 Å². The Morgan fingerprint density at radius 2 is 1.90 bits per heavy atom. The first kappa shape index (κ1) is 15.0. The normalized spacial score (nSPS) is 11.8. The van der Waals surface area contributed by atoms with Gasteiger partial charge in [-0.2, -0.15) is 0 Å². The molecule has 2 rings (SSSR count). The average molecular weight is 399 g/mol. The topological polar surface area (TPSA) is 54.0 Å². The molecule has 0 radical (unpaired) electrons. The first-order valence-corrected chi connectivity index (χ1v) is 7.57. The predicted octanol–water partition coefficient (Wildman–Crippen LogP) is 4.49. The number of anilines is 1. The molecule has 1 atom stereocenters. The summed E-state index contributed by atoms with van der Waals surface area (Å²) in [5, 5.41) is 5.69. The molecule has 20 heavy (non-hydrogen) atoms. The Kier molecular flexibility index (Phi) is 5.14. The lowest BCUT2D eigenvalue weighted by atomic mass is 10.1.